The molecule has 0 aliphatic carbocycles. The highest BCUT2D eigenvalue weighted by Gasteiger charge is 2.13. The first kappa shape index (κ1) is 15.0. The molecule has 0 radical (unpaired) electrons. The number of rotatable bonds is 4. The molecule has 0 fully saturated rings. The Bertz CT molecular complexity index is 389. The van der Waals surface area contributed by atoms with Gasteiger partial charge in [-0.3, -0.25) is 4.79 Å². The highest BCUT2D eigenvalue weighted by Crippen LogP contribution is 2.21. The van der Waals surface area contributed by atoms with Gasteiger partial charge in [-0.25, -0.2) is 0 Å². The molecule has 0 spiro atoms. The Hall–Kier alpha value is -0.0600. The second-order valence-electron chi connectivity index (χ2n) is 3.95. The molecule has 0 aliphatic rings. The predicted octanol–water partition coefficient (Wildman–Crippen LogP) is 4.30. The van der Waals surface area contributed by atoms with Gasteiger partial charge in [-0.1, -0.05) is 31.9 Å². The van der Waals surface area contributed by atoms with Crippen LogP contribution in [0.15, 0.2) is 27.1 Å². The molecule has 0 N–H and O–H groups in total. The fourth-order valence-corrected chi connectivity index (χ4v) is 2.76. The van der Waals surface area contributed by atoms with E-state index in [2.05, 4.69) is 31.9 Å². The molecule has 1 rings (SSSR count). The van der Waals surface area contributed by atoms with E-state index in [1.807, 2.05) is 25.1 Å². The van der Waals surface area contributed by atoms with Gasteiger partial charge < -0.3 is 4.90 Å². The zero-order chi connectivity index (χ0) is 13.0. The molecule has 5 heteroatoms. The van der Waals surface area contributed by atoms with Crippen molar-refractivity contribution in [2.24, 2.45) is 0 Å². The van der Waals surface area contributed by atoms with Crippen LogP contribution in [0.4, 0.5) is 0 Å². The summed E-state index contributed by atoms with van der Waals surface area (Å²) in [5.41, 5.74) is 0.663. The molecule has 2 nitrogen and oxygen atoms in total. The van der Waals surface area contributed by atoms with Crippen molar-refractivity contribution in [3.05, 3.63) is 32.7 Å². The lowest BCUT2D eigenvalue weighted by molar-refractivity contribution is 0.0793. The SMILES string of the molecule is CC(Cl)CCN(C)C(=O)c1cc(Br)cc(Br)c1. The van der Waals surface area contributed by atoms with E-state index in [4.69, 9.17) is 11.6 Å². The molecule has 1 amide bonds. The average Bonchev–Trinajstić information content (AvgIpc) is 2.23. The maximum absolute atomic E-state index is 12.1. The number of carbonyl (C=O) groups excluding carboxylic acids is 1. The Morgan fingerprint density at radius 2 is 1.88 bits per heavy atom. The first-order chi connectivity index (χ1) is 7.90. The highest BCUT2D eigenvalue weighted by molar-refractivity contribution is 9.11. The van der Waals surface area contributed by atoms with E-state index < -0.39 is 0 Å². The van der Waals surface area contributed by atoms with E-state index in [9.17, 15) is 4.79 Å². The summed E-state index contributed by atoms with van der Waals surface area (Å²) in [5, 5.41) is 0.0829. The van der Waals surface area contributed by atoms with E-state index in [1.54, 1.807) is 11.9 Å². The molecular weight excluding hydrogens is 369 g/mol. The van der Waals surface area contributed by atoms with Crippen LogP contribution < -0.4 is 0 Å². The number of amides is 1. The topological polar surface area (TPSA) is 20.3 Å². The molecule has 1 unspecified atom stereocenters. The van der Waals surface area contributed by atoms with E-state index in [0.29, 0.717) is 12.1 Å². The van der Waals surface area contributed by atoms with Crippen molar-refractivity contribution >= 4 is 49.4 Å². The molecule has 0 heterocycles. The minimum atomic E-state index is 0.00400. The normalized spacial score (nSPS) is 12.3. The second-order valence-corrected chi connectivity index (χ2v) is 6.53. The molecule has 1 atom stereocenters. The van der Waals surface area contributed by atoms with Crippen LogP contribution in [0.5, 0.6) is 0 Å². The van der Waals surface area contributed by atoms with Crippen LogP contribution in [0, 0.1) is 0 Å². The van der Waals surface area contributed by atoms with Gasteiger partial charge in [0.2, 0.25) is 0 Å². The zero-order valence-corrected chi connectivity index (χ0v) is 13.6. The van der Waals surface area contributed by atoms with Crippen LogP contribution in [-0.4, -0.2) is 29.8 Å². The lowest BCUT2D eigenvalue weighted by atomic mass is 10.2. The summed E-state index contributed by atoms with van der Waals surface area (Å²) >= 11 is 12.6. The maximum Gasteiger partial charge on any atom is 0.253 e. The third-order valence-corrected chi connectivity index (χ3v) is 3.45. The zero-order valence-electron chi connectivity index (χ0n) is 9.71. The number of hydrogen-bond acceptors (Lipinski definition) is 1. The van der Waals surface area contributed by atoms with Gasteiger partial charge in [0.05, 0.1) is 0 Å². The molecule has 0 saturated carbocycles. The number of alkyl halides is 1. The van der Waals surface area contributed by atoms with Gasteiger partial charge in [-0.15, -0.1) is 11.6 Å². The Morgan fingerprint density at radius 3 is 2.35 bits per heavy atom. The standard InChI is InChI=1S/C12H14Br2ClNO/c1-8(15)3-4-16(2)12(17)9-5-10(13)7-11(14)6-9/h5-8H,3-4H2,1-2H3. The third-order valence-electron chi connectivity index (χ3n) is 2.32. The smallest absolute Gasteiger partial charge is 0.253 e. The molecule has 17 heavy (non-hydrogen) atoms. The van der Waals surface area contributed by atoms with Gasteiger partial charge in [0, 0.05) is 33.5 Å². The quantitative estimate of drug-likeness (QED) is 0.710. The van der Waals surface area contributed by atoms with Crippen LogP contribution in [0.2, 0.25) is 0 Å². The summed E-state index contributed by atoms with van der Waals surface area (Å²) in [5.74, 6) is 0.00400. The van der Waals surface area contributed by atoms with Gasteiger partial charge >= 0.3 is 0 Å². The summed E-state index contributed by atoms with van der Waals surface area (Å²) in [4.78, 5) is 13.8. The average molecular weight is 384 g/mol. The Kier molecular flexibility index (Phi) is 5.97. The van der Waals surface area contributed by atoms with E-state index in [0.717, 1.165) is 15.4 Å². The van der Waals surface area contributed by atoms with Crippen molar-refractivity contribution in [2.75, 3.05) is 13.6 Å². The van der Waals surface area contributed by atoms with Crippen molar-refractivity contribution < 1.29 is 4.79 Å². The lowest BCUT2D eigenvalue weighted by Crippen LogP contribution is -2.28. The van der Waals surface area contributed by atoms with Crippen molar-refractivity contribution in [1.29, 1.82) is 0 Å². The van der Waals surface area contributed by atoms with E-state index >= 15 is 0 Å². The van der Waals surface area contributed by atoms with Crippen LogP contribution in [0.25, 0.3) is 0 Å². The molecule has 1 aromatic carbocycles. The Balaban J connectivity index is 2.74. The van der Waals surface area contributed by atoms with Crippen molar-refractivity contribution in [2.45, 2.75) is 18.7 Å². The number of nitrogens with zero attached hydrogens (tertiary/aromatic N) is 1. The fourth-order valence-electron chi connectivity index (χ4n) is 1.37. The minimum absolute atomic E-state index is 0.00400. The fraction of sp³-hybridized carbons (Fsp3) is 0.417. The maximum atomic E-state index is 12.1. The summed E-state index contributed by atoms with van der Waals surface area (Å²) in [6.45, 7) is 2.59. The highest BCUT2D eigenvalue weighted by atomic mass is 79.9. The summed E-state index contributed by atoms with van der Waals surface area (Å²) < 4.78 is 1.77. The van der Waals surface area contributed by atoms with Crippen molar-refractivity contribution in [3.8, 4) is 0 Å². The van der Waals surface area contributed by atoms with Gasteiger partial charge in [0.1, 0.15) is 0 Å². The van der Waals surface area contributed by atoms with Crippen LogP contribution in [0.1, 0.15) is 23.7 Å². The number of hydrogen-bond donors (Lipinski definition) is 0. The van der Waals surface area contributed by atoms with Gasteiger partial charge in [0.15, 0.2) is 0 Å². The number of benzene rings is 1. The van der Waals surface area contributed by atoms with Crippen molar-refractivity contribution in [3.63, 3.8) is 0 Å². The van der Waals surface area contributed by atoms with Gasteiger partial charge in [0.25, 0.3) is 5.91 Å². The van der Waals surface area contributed by atoms with Crippen LogP contribution in [-0.2, 0) is 0 Å². The molecule has 0 saturated heterocycles. The number of halogens is 3. The third kappa shape index (κ3) is 4.98. The summed E-state index contributed by atoms with van der Waals surface area (Å²) in [6.07, 6.45) is 0.791. The molecule has 0 aliphatic heterocycles. The largest absolute Gasteiger partial charge is 0.342 e. The van der Waals surface area contributed by atoms with Gasteiger partial charge in [-0.2, -0.15) is 0 Å². The first-order valence-electron chi connectivity index (χ1n) is 5.26. The first-order valence-corrected chi connectivity index (χ1v) is 7.28. The van der Waals surface area contributed by atoms with Crippen LogP contribution in [0.3, 0.4) is 0 Å². The van der Waals surface area contributed by atoms with Crippen molar-refractivity contribution in [1.82, 2.24) is 4.90 Å². The summed E-state index contributed by atoms with van der Waals surface area (Å²) in [6, 6.07) is 5.53. The molecular formula is C12H14Br2ClNO. The molecule has 0 bridgehead atoms. The molecule has 0 aromatic heterocycles. The predicted molar refractivity (Wildman–Crippen MR) is 78.7 cm³/mol. The summed E-state index contributed by atoms with van der Waals surface area (Å²) in [7, 11) is 1.79. The van der Waals surface area contributed by atoms with E-state index in [1.165, 1.54) is 0 Å². The monoisotopic (exact) mass is 381 g/mol. The van der Waals surface area contributed by atoms with Gasteiger partial charge in [-0.05, 0) is 31.5 Å². The van der Waals surface area contributed by atoms with E-state index in [-0.39, 0.29) is 11.3 Å². The Morgan fingerprint density at radius 1 is 1.35 bits per heavy atom. The van der Waals surface area contributed by atoms with Crippen LogP contribution >= 0.6 is 43.5 Å². The lowest BCUT2D eigenvalue weighted by Gasteiger charge is -2.18. The molecule has 1 aromatic rings. The second kappa shape index (κ2) is 6.76. The Labute approximate surface area is 124 Å². The molecule has 94 valence electrons. The minimum Gasteiger partial charge on any atom is -0.342 e. The number of carbonyl (C=O) groups is 1.